The third-order valence-corrected chi connectivity index (χ3v) is 5.82. The fourth-order valence-electron chi connectivity index (χ4n) is 3.59. The summed E-state index contributed by atoms with van der Waals surface area (Å²) in [6.07, 6.45) is 3.29. The van der Waals surface area contributed by atoms with Crippen molar-refractivity contribution in [3.8, 4) is 5.75 Å². The molecule has 0 saturated carbocycles. The summed E-state index contributed by atoms with van der Waals surface area (Å²) in [5, 5.41) is 8.89. The highest BCUT2D eigenvalue weighted by Crippen LogP contribution is 2.29. The Labute approximate surface area is 189 Å². The van der Waals surface area contributed by atoms with Crippen LogP contribution in [0.25, 0.3) is 0 Å². The molecule has 0 bridgehead atoms. The van der Waals surface area contributed by atoms with Gasteiger partial charge in [-0.1, -0.05) is 17.7 Å². The van der Waals surface area contributed by atoms with Gasteiger partial charge in [-0.2, -0.15) is 0 Å². The van der Waals surface area contributed by atoms with Crippen LogP contribution in [0.1, 0.15) is 39.1 Å². The van der Waals surface area contributed by atoms with Crippen LogP contribution in [0.2, 0.25) is 5.02 Å². The molecule has 1 N–H and O–H groups in total. The van der Waals surface area contributed by atoms with Crippen LogP contribution in [0.3, 0.4) is 0 Å². The zero-order chi connectivity index (χ0) is 22.8. The van der Waals surface area contributed by atoms with Crippen molar-refractivity contribution in [2.75, 3.05) is 13.1 Å². The largest absolute Gasteiger partial charge is 0.488 e. The van der Waals surface area contributed by atoms with Gasteiger partial charge in [-0.15, -0.1) is 0 Å². The molecule has 1 unspecified atom stereocenters. The van der Waals surface area contributed by atoms with E-state index in [1.54, 1.807) is 32.3 Å². The summed E-state index contributed by atoms with van der Waals surface area (Å²) in [6.45, 7) is 4.09. The van der Waals surface area contributed by atoms with E-state index in [1.165, 1.54) is 23.1 Å². The number of rotatable bonds is 5. The normalized spacial score (nSPS) is 15.8. The van der Waals surface area contributed by atoms with Crippen LogP contribution in [0.5, 0.6) is 5.75 Å². The summed E-state index contributed by atoms with van der Waals surface area (Å²) < 4.78 is 19.6. The number of hydrogen-bond donors (Lipinski definition) is 1. The molecule has 1 amide bonds. The number of aryl methyl sites for hydroxylation is 2. The molecule has 0 spiro atoms. The Morgan fingerprint density at radius 1 is 1.28 bits per heavy atom. The molecular weight excluding hydrogens is 433 g/mol. The minimum Gasteiger partial charge on any atom is -0.488 e. The van der Waals surface area contributed by atoms with Crippen molar-refractivity contribution in [3.05, 3.63) is 81.9 Å². The fourth-order valence-corrected chi connectivity index (χ4v) is 3.68. The van der Waals surface area contributed by atoms with Crippen LogP contribution in [0.4, 0.5) is 4.39 Å². The predicted molar refractivity (Wildman–Crippen MR) is 118 cm³/mol. The molecule has 1 aliphatic heterocycles. The number of nitrogens with one attached hydrogen (secondary N) is 1. The number of nitrogens with zero attached hydrogens (tertiary/aromatic N) is 4. The Bertz CT molecular complexity index is 1170. The number of hydrogen-bond acceptors (Lipinski definition) is 6. The first-order valence-corrected chi connectivity index (χ1v) is 10.4. The van der Waals surface area contributed by atoms with Crippen molar-refractivity contribution in [1.82, 2.24) is 19.9 Å². The molecule has 7 nitrogen and oxygen atoms in total. The highest BCUT2D eigenvalue weighted by Gasteiger charge is 2.35. The maximum atomic E-state index is 13.9. The van der Waals surface area contributed by atoms with E-state index in [2.05, 4.69) is 15.0 Å². The van der Waals surface area contributed by atoms with Gasteiger partial charge in [-0.3, -0.25) is 9.78 Å². The standard InChI is InChI=1S/C23H21ClFN5O2/c1-13-21(24)14(2)29-22(28-13)18-10-30(11-19(18)26)23(31)17-6-5-16(25)8-20(17)32-12-15-4-3-7-27-9-15/h3-9,18,26H,10-12H2,1-2H3. The second kappa shape index (κ2) is 9.00. The smallest absolute Gasteiger partial charge is 0.257 e. The summed E-state index contributed by atoms with van der Waals surface area (Å²) in [5.41, 5.74) is 2.63. The van der Waals surface area contributed by atoms with E-state index < -0.39 is 11.7 Å². The first-order chi connectivity index (χ1) is 15.3. The number of carbonyl (C=O) groups excluding carboxylic acids is 1. The highest BCUT2D eigenvalue weighted by atomic mass is 35.5. The zero-order valence-electron chi connectivity index (χ0n) is 17.6. The molecule has 9 heteroatoms. The lowest BCUT2D eigenvalue weighted by Gasteiger charge is -2.18. The second-order valence-corrected chi connectivity index (χ2v) is 8.00. The van der Waals surface area contributed by atoms with Crippen LogP contribution >= 0.6 is 11.6 Å². The van der Waals surface area contributed by atoms with Crippen LogP contribution in [0, 0.1) is 25.1 Å². The Balaban J connectivity index is 1.55. The van der Waals surface area contributed by atoms with Crippen LogP contribution in [-0.4, -0.2) is 44.6 Å². The molecular formula is C23H21ClFN5O2. The number of likely N-dealkylation sites (tertiary alicyclic amines) is 1. The number of benzene rings is 1. The van der Waals surface area contributed by atoms with Gasteiger partial charge in [0.25, 0.3) is 5.91 Å². The molecule has 32 heavy (non-hydrogen) atoms. The van der Waals surface area contributed by atoms with E-state index in [9.17, 15) is 9.18 Å². The Hall–Kier alpha value is -3.39. The number of aromatic nitrogens is 3. The van der Waals surface area contributed by atoms with Crippen molar-refractivity contribution in [2.45, 2.75) is 26.4 Å². The quantitative estimate of drug-likeness (QED) is 0.627. The van der Waals surface area contributed by atoms with E-state index in [1.807, 2.05) is 6.07 Å². The molecule has 1 saturated heterocycles. The second-order valence-electron chi connectivity index (χ2n) is 7.62. The summed E-state index contributed by atoms with van der Waals surface area (Å²) >= 11 is 6.16. The topological polar surface area (TPSA) is 92.1 Å². The first kappa shape index (κ1) is 21.8. The number of amides is 1. The molecule has 0 radical (unpaired) electrons. The molecule has 1 aromatic carbocycles. The third kappa shape index (κ3) is 4.45. The van der Waals surface area contributed by atoms with Gasteiger partial charge in [-0.05, 0) is 32.0 Å². The summed E-state index contributed by atoms with van der Waals surface area (Å²) in [6, 6.07) is 7.42. The molecule has 3 aromatic rings. The average Bonchev–Trinajstić information content (AvgIpc) is 3.17. The molecule has 3 heterocycles. The molecule has 1 aliphatic rings. The molecule has 1 atom stereocenters. The van der Waals surface area contributed by atoms with Gasteiger partial charge in [0.2, 0.25) is 0 Å². The van der Waals surface area contributed by atoms with Gasteiger partial charge < -0.3 is 15.0 Å². The summed E-state index contributed by atoms with van der Waals surface area (Å²) in [5.74, 6) is -0.662. The van der Waals surface area contributed by atoms with Gasteiger partial charge >= 0.3 is 0 Å². The average molecular weight is 454 g/mol. The lowest BCUT2D eigenvalue weighted by molar-refractivity contribution is 0.0790. The van der Waals surface area contributed by atoms with Crippen molar-refractivity contribution < 1.29 is 13.9 Å². The zero-order valence-corrected chi connectivity index (χ0v) is 18.4. The lowest BCUT2D eigenvalue weighted by atomic mass is 10.1. The predicted octanol–water partition coefficient (Wildman–Crippen LogP) is 4.12. The summed E-state index contributed by atoms with van der Waals surface area (Å²) in [4.78, 5) is 27.7. The maximum Gasteiger partial charge on any atom is 0.257 e. The van der Waals surface area contributed by atoms with E-state index in [0.717, 1.165) is 5.56 Å². The molecule has 164 valence electrons. The Kier molecular flexibility index (Phi) is 6.14. The van der Waals surface area contributed by atoms with E-state index >= 15 is 0 Å². The van der Waals surface area contributed by atoms with Crippen molar-refractivity contribution >= 4 is 23.2 Å². The molecule has 4 rings (SSSR count). The van der Waals surface area contributed by atoms with Crippen LogP contribution < -0.4 is 4.74 Å². The first-order valence-electron chi connectivity index (χ1n) is 10.0. The number of halogens is 2. The third-order valence-electron chi connectivity index (χ3n) is 5.27. The van der Waals surface area contributed by atoms with Crippen LogP contribution in [0.15, 0.2) is 42.7 Å². The van der Waals surface area contributed by atoms with Gasteiger partial charge in [0.1, 0.15) is 24.0 Å². The van der Waals surface area contributed by atoms with Crippen molar-refractivity contribution in [1.29, 1.82) is 5.41 Å². The van der Waals surface area contributed by atoms with Gasteiger partial charge in [0.15, 0.2) is 0 Å². The lowest BCUT2D eigenvalue weighted by Crippen LogP contribution is -2.29. The maximum absolute atomic E-state index is 13.9. The number of ether oxygens (including phenoxy) is 1. The van der Waals surface area contributed by atoms with Gasteiger partial charge in [0, 0.05) is 36.3 Å². The monoisotopic (exact) mass is 453 g/mol. The number of pyridine rings is 1. The Morgan fingerprint density at radius 3 is 2.72 bits per heavy atom. The number of carbonyl (C=O) groups is 1. The molecule has 0 aliphatic carbocycles. The molecule has 1 fully saturated rings. The molecule has 2 aromatic heterocycles. The minimum atomic E-state index is -0.504. The summed E-state index contributed by atoms with van der Waals surface area (Å²) in [7, 11) is 0. The van der Waals surface area contributed by atoms with Gasteiger partial charge in [0.05, 0.1) is 34.4 Å². The van der Waals surface area contributed by atoms with Gasteiger partial charge in [-0.25, -0.2) is 14.4 Å². The van der Waals surface area contributed by atoms with Crippen molar-refractivity contribution in [3.63, 3.8) is 0 Å². The fraction of sp³-hybridized carbons (Fsp3) is 0.261. The van der Waals surface area contributed by atoms with E-state index in [-0.39, 0.29) is 36.9 Å². The SMILES string of the molecule is Cc1nc(C2CN(C(=O)c3ccc(F)cc3OCc3cccnc3)CC2=N)nc(C)c1Cl. The van der Waals surface area contributed by atoms with Crippen molar-refractivity contribution in [2.24, 2.45) is 0 Å². The Morgan fingerprint density at radius 2 is 2.03 bits per heavy atom. The van der Waals surface area contributed by atoms with Crippen LogP contribution in [-0.2, 0) is 6.61 Å². The highest BCUT2D eigenvalue weighted by molar-refractivity contribution is 6.31. The minimum absolute atomic E-state index is 0.132. The van der Waals surface area contributed by atoms with E-state index in [0.29, 0.717) is 27.9 Å². The van der Waals surface area contributed by atoms with E-state index in [4.69, 9.17) is 21.7 Å².